The number of carbonyl (C=O) groups excluding carboxylic acids is 1. The SMILES string of the molecule is CCOc1cc(/C=C/C(=O)c2ccc(Cl)cc2)ccc1OC(F)F. The molecule has 0 aliphatic rings. The number of hydrogen-bond acceptors (Lipinski definition) is 3. The Balaban J connectivity index is 2.17. The van der Waals surface area contributed by atoms with E-state index in [-0.39, 0.29) is 17.3 Å². The average molecular weight is 353 g/mol. The summed E-state index contributed by atoms with van der Waals surface area (Å²) in [5, 5.41) is 0.548. The molecule has 3 nitrogen and oxygen atoms in total. The summed E-state index contributed by atoms with van der Waals surface area (Å²) in [5.74, 6) is -0.0514. The Morgan fingerprint density at radius 1 is 1.17 bits per heavy atom. The maximum atomic E-state index is 12.4. The standard InChI is InChI=1S/C18H15ClF2O3/c1-2-23-17-11-12(4-10-16(17)24-18(20)21)3-9-15(22)13-5-7-14(19)8-6-13/h3-11,18H,2H2,1H3/b9-3+. The molecule has 0 atom stereocenters. The largest absolute Gasteiger partial charge is 0.490 e. The third-order valence-corrected chi connectivity index (χ3v) is 3.29. The van der Waals surface area contributed by atoms with Crippen molar-refractivity contribution in [3.05, 3.63) is 64.7 Å². The molecule has 2 rings (SSSR count). The van der Waals surface area contributed by atoms with Gasteiger partial charge in [0.05, 0.1) is 6.61 Å². The maximum absolute atomic E-state index is 12.4. The lowest BCUT2D eigenvalue weighted by molar-refractivity contribution is -0.0514. The number of halogens is 3. The fraction of sp³-hybridized carbons (Fsp3) is 0.167. The zero-order valence-corrected chi connectivity index (χ0v) is 13.6. The molecular formula is C18H15ClF2O3. The van der Waals surface area contributed by atoms with Gasteiger partial charge in [-0.15, -0.1) is 0 Å². The average Bonchev–Trinajstić information content (AvgIpc) is 2.55. The van der Waals surface area contributed by atoms with Crippen molar-refractivity contribution in [2.75, 3.05) is 6.61 Å². The van der Waals surface area contributed by atoms with Gasteiger partial charge in [0.1, 0.15) is 0 Å². The van der Waals surface area contributed by atoms with Crippen LogP contribution in [0.2, 0.25) is 5.02 Å². The lowest BCUT2D eigenvalue weighted by atomic mass is 10.1. The number of carbonyl (C=O) groups is 1. The van der Waals surface area contributed by atoms with Crippen LogP contribution in [0.1, 0.15) is 22.8 Å². The van der Waals surface area contributed by atoms with E-state index < -0.39 is 6.61 Å². The number of alkyl halides is 2. The first-order chi connectivity index (χ1) is 11.5. The summed E-state index contributed by atoms with van der Waals surface area (Å²) in [5.41, 5.74) is 1.13. The quantitative estimate of drug-likeness (QED) is 0.505. The van der Waals surface area contributed by atoms with Crippen molar-refractivity contribution in [2.24, 2.45) is 0 Å². The highest BCUT2D eigenvalue weighted by atomic mass is 35.5. The first-order valence-electron chi connectivity index (χ1n) is 7.19. The number of ketones is 1. The van der Waals surface area contributed by atoms with E-state index >= 15 is 0 Å². The van der Waals surface area contributed by atoms with E-state index in [1.807, 2.05) is 0 Å². The van der Waals surface area contributed by atoms with Crippen LogP contribution >= 0.6 is 11.6 Å². The Hall–Kier alpha value is -2.40. The Morgan fingerprint density at radius 3 is 2.50 bits per heavy atom. The van der Waals surface area contributed by atoms with E-state index in [0.29, 0.717) is 22.8 Å². The van der Waals surface area contributed by atoms with E-state index in [1.165, 1.54) is 18.2 Å². The number of hydrogen-bond donors (Lipinski definition) is 0. The Labute approximate surface area is 143 Å². The molecule has 0 saturated carbocycles. The molecule has 0 aliphatic carbocycles. The van der Waals surface area contributed by atoms with Gasteiger partial charge in [-0.1, -0.05) is 23.7 Å². The van der Waals surface area contributed by atoms with Crippen LogP contribution in [0.5, 0.6) is 11.5 Å². The van der Waals surface area contributed by atoms with Crippen LogP contribution in [-0.4, -0.2) is 19.0 Å². The van der Waals surface area contributed by atoms with Crippen LogP contribution < -0.4 is 9.47 Å². The number of benzene rings is 2. The molecule has 0 unspecified atom stereocenters. The number of rotatable bonds is 7. The van der Waals surface area contributed by atoms with Gasteiger partial charge in [-0.25, -0.2) is 0 Å². The van der Waals surface area contributed by atoms with Gasteiger partial charge < -0.3 is 9.47 Å². The van der Waals surface area contributed by atoms with E-state index in [9.17, 15) is 13.6 Å². The summed E-state index contributed by atoms with van der Waals surface area (Å²) in [6.07, 6.45) is 2.97. The van der Waals surface area contributed by atoms with Crippen LogP contribution in [0.3, 0.4) is 0 Å². The maximum Gasteiger partial charge on any atom is 0.387 e. The predicted molar refractivity (Wildman–Crippen MR) is 89.1 cm³/mol. The van der Waals surface area contributed by atoms with Crippen molar-refractivity contribution in [3.8, 4) is 11.5 Å². The molecule has 126 valence electrons. The van der Waals surface area contributed by atoms with Crippen molar-refractivity contribution in [1.82, 2.24) is 0 Å². The van der Waals surface area contributed by atoms with E-state index in [4.69, 9.17) is 16.3 Å². The summed E-state index contributed by atoms with van der Waals surface area (Å²) >= 11 is 5.78. The fourth-order valence-electron chi connectivity index (χ4n) is 1.97. The van der Waals surface area contributed by atoms with Crippen molar-refractivity contribution < 1.29 is 23.0 Å². The summed E-state index contributed by atoms with van der Waals surface area (Å²) in [4.78, 5) is 12.1. The molecule has 6 heteroatoms. The lowest BCUT2D eigenvalue weighted by Gasteiger charge is -2.11. The van der Waals surface area contributed by atoms with Gasteiger partial charge in [0.25, 0.3) is 0 Å². The molecule has 0 N–H and O–H groups in total. The van der Waals surface area contributed by atoms with Crippen LogP contribution in [0.4, 0.5) is 8.78 Å². The Morgan fingerprint density at radius 2 is 1.88 bits per heavy atom. The molecule has 2 aromatic carbocycles. The molecule has 0 amide bonds. The molecule has 0 heterocycles. The van der Waals surface area contributed by atoms with Crippen LogP contribution in [-0.2, 0) is 0 Å². The third kappa shape index (κ3) is 5.06. The predicted octanol–water partition coefficient (Wildman–Crippen LogP) is 5.24. The van der Waals surface area contributed by atoms with Crippen molar-refractivity contribution in [1.29, 1.82) is 0 Å². The second kappa shape index (κ2) is 8.45. The smallest absolute Gasteiger partial charge is 0.387 e. The van der Waals surface area contributed by atoms with Gasteiger partial charge in [-0.05, 0) is 55.0 Å². The van der Waals surface area contributed by atoms with Crippen molar-refractivity contribution in [2.45, 2.75) is 13.5 Å². The zero-order chi connectivity index (χ0) is 17.5. The highest BCUT2D eigenvalue weighted by molar-refractivity contribution is 6.30. The van der Waals surface area contributed by atoms with E-state index in [0.717, 1.165) is 0 Å². The molecule has 0 radical (unpaired) electrons. The van der Waals surface area contributed by atoms with Crippen LogP contribution in [0, 0.1) is 0 Å². The second-order valence-electron chi connectivity index (χ2n) is 4.72. The summed E-state index contributed by atoms with van der Waals surface area (Å²) in [7, 11) is 0. The molecule has 0 fully saturated rings. The minimum Gasteiger partial charge on any atom is -0.490 e. The molecular weight excluding hydrogens is 338 g/mol. The second-order valence-corrected chi connectivity index (χ2v) is 5.16. The van der Waals surface area contributed by atoms with Crippen LogP contribution in [0.15, 0.2) is 48.5 Å². The molecule has 2 aromatic rings. The van der Waals surface area contributed by atoms with Crippen LogP contribution in [0.25, 0.3) is 6.08 Å². The first-order valence-corrected chi connectivity index (χ1v) is 7.57. The molecule has 24 heavy (non-hydrogen) atoms. The van der Waals surface area contributed by atoms with Gasteiger partial charge in [-0.2, -0.15) is 8.78 Å². The first kappa shape index (κ1) is 17.9. The zero-order valence-electron chi connectivity index (χ0n) is 12.8. The minimum absolute atomic E-state index is 0.0481. The minimum atomic E-state index is -2.93. The van der Waals surface area contributed by atoms with E-state index in [2.05, 4.69) is 4.74 Å². The summed E-state index contributed by atoms with van der Waals surface area (Å²) < 4.78 is 34.4. The highest BCUT2D eigenvalue weighted by Gasteiger charge is 2.11. The number of ether oxygens (including phenoxy) is 2. The Kier molecular flexibility index (Phi) is 6.32. The molecule has 0 aliphatic heterocycles. The molecule has 0 spiro atoms. The summed E-state index contributed by atoms with van der Waals surface area (Å²) in [6.45, 7) is -0.896. The van der Waals surface area contributed by atoms with Gasteiger partial charge in [0.2, 0.25) is 0 Å². The van der Waals surface area contributed by atoms with Gasteiger partial charge in [0.15, 0.2) is 17.3 Å². The van der Waals surface area contributed by atoms with Crippen molar-refractivity contribution in [3.63, 3.8) is 0 Å². The highest BCUT2D eigenvalue weighted by Crippen LogP contribution is 2.30. The number of allylic oxidation sites excluding steroid dienone is 1. The Bertz CT molecular complexity index is 728. The third-order valence-electron chi connectivity index (χ3n) is 3.04. The fourth-order valence-corrected chi connectivity index (χ4v) is 2.10. The van der Waals surface area contributed by atoms with Gasteiger partial charge in [-0.3, -0.25) is 4.79 Å². The topological polar surface area (TPSA) is 35.5 Å². The van der Waals surface area contributed by atoms with Gasteiger partial charge >= 0.3 is 6.61 Å². The van der Waals surface area contributed by atoms with Crippen molar-refractivity contribution >= 4 is 23.5 Å². The molecule has 0 bridgehead atoms. The summed E-state index contributed by atoms with van der Waals surface area (Å²) in [6, 6.07) is 11.0. The molecule has 0 saturated heterocycles. The lowest BCUT2D eigenvalue weighted by Crippen LogP contribution is -2.04. The monoisotopic (exact) mass is 352 g/mol. The normalized spacial score (nSPS) is 11.0. The van der Waals surface area contributed by atoms with E-state index in [1.54, 1.807) is 43.3 Å². The van der Waals surface area contributed by atoms with Gasteiger partial charge in [0, 0.05) is 10.6 Å². The molecule has 0 aromatic heterocycles.